The lowest BCUT2D eigenvalue weighted by molar-refractivity contribution is 0.112. The van der Waals surface area contributed by atoms with Crippen molar-refractivity contribution in [2.75, 3.05) is 0 Å². The lowest BCUT2D eigenvalue weighted by atomic mass is 10.2. The van der Waals surface area contributed by atoms with Gasteiger partial charge >= 0.3 is 0 Å². The van der Waals surface area contributed by atoms with Gasteiger partial charge in [-0.15, -0.1) is 10.2 Å². The Morgan fingerprint density at radius 1 is 1.33 bits per heavy atom. The molecule has 1 aromatic heterocycles. The molecule has 0 unspecified atom stereocenters. The highest BCUT2D eigenvalue weighted by atomic mass is 19.1. The molecule has 94 valence electrons. The van der Waals surface area contributed by atoms with E-state index in [1.165, 1.54) is 12.1 Å². The van der Waals surface area contributed by atoms with Gasteiger partial charge in [0.15, 0.2) is 6.61 Å². The molecule has 0 radical (unpaired) electrons. The maximum Gasteiger partial charge on any atom is 0.253 e. The van der Waals surface area contributed by atoms with Crippen LogP contribution in [0.4, 0.5) is 4.39 Å². The van der Waals surface area contributed by atoms with E-state index in [-0.39, 0.29) is 17.9 Å². The Balaban J connectivity index is 2.05. The van der Waals surface area contributed by atoms with Crippen molar-refractivity contribution in [2.24, 2.45) is 0 Å². The van der Waals surface area contributed by atoms with Crippen LogP contribution in [0.1, 0.15) is 29.1 Å². The maximum atomic E-state index is 13.1. The van der Waals surface area contributed by atoms with Gasteiger partial charge in [-0.2, -0.15) is 0 Å². The Kier molecular flexibility index (Phi) is 3.66. The number of aldehydes is 1. The summed E-state index contributed by atoms with van der Waals surface area (Å²) in [5.74, 6) is 0.535. The first-order valence-corrected chi connectivity index (χ1v) is 5.41. The van der Waals surface area contributed by atoms with Gasteiger partial charge in [0.05, 0.1) is 0 Å². The van der Waals surface area contributed by atoms with Crippen molar-refractivity contribution in [3.8, 4) is 5.75 Å². The van der Waals surface area contributed by atoms with Crippen LogP contribution in [-0.2, 0) is 13.0 Å². The van der Waals surface area contributed by atoms with E-state index in [1.54, 1.807) is 0 Å². The standard InChI is InChI=1S/C12H11FN2O3/c1-2-11-14-15-12(18-11)7-17-10-4-8(6-16)3-9(13)5-10/h3-6H,2,7H2,1H3. The zero-order chi connectivity index (χ0) is 13.0. The summed E-state index contributed by atoms with van der Waals surface area (Å²) in [4.78, 5) is 10.6. The predicted molar refractivity (Wildman–Crippen MR) is 59.8 cm³/mol. The zero-order valence-electron chi connectivity index (χ0n) is 9.72. The Morgan fingerprint density at radius 3 is 2.78 bits per heavy atom. The van der Waals surface area contributed by atoms with Crippen LogP contribution in [-0.4, -0.2) is 16.5 Å². The summed E-state index contributed by atoms with van der Waals surface area (Å²) in [5.41, 5.74) is 0.213. The first-order valence-electron chi connectivity index (χ1n) is 5.41. The minimum absolute atomic E-state index is 0.0365. The molecule has 2 rings (SSSR count). The molecule has 1 heterocycles. The number of rotatable bonds is 5. The third-order valence-corrected chi connectivity index (χ3v) is 2.20. The van der Waals surface area contributed by atoms with Crippen LogP contribution < -0.4 is 4.74 Å². The lowest BCUT2D eigenvalue weighted by Gasteiger charge is -2.04. The molecule has 6 heteroatoms. The third-order valence-electron chi connectivity index (χ3n) is 2.20. The number of hydrogen-bond acceptors (Lipinski definition) is 5. The molecule has 0 bridgehead atoms. The van der Waals surface area contributed by atoms with Gasteiger partial charge in [0.25, 0.3) is 5.89 Å². The van der Waals surface area contributed by atoms with E-state index in [4.69, 9.17) is 9.15 Å². The Bertz CT molecular complexity index is 554. The molecule has 0 N–H and O–H groups in total. The second-order valence-electron chi connectivity index (χ2n) is 3.57. The molecule has 2 aromatic rings. The van der Waals surface area contributed by atoms with Gasteiger partial charge in [-0.3, -0.25) is 4.79 Å². The normalized spacial score (nSPS) is 10.3. The van der Waals surface area contributed by atoms with Crippen molar-refractivity contribution in [1.82, 2.24) is 10.2 Å². The highest BCUT2D eigenvalue weighted by molar-refractivity contribution is 5.75. The maximum absolute atomic E-state index is 13.1. The first kappa shape index (κ1) is 12.2. The van der Waals surface area contributed by atoms with E-state index in [0.29, 0.717) is 24.5 Å². The fraction of sp³-hybridized carbons (Fsp3) is 0.250. The topological polar surface area (TPSA) is 65.2 Å². The van der Waals surface area contributed by atoms with Crippen LogP contribution in [0.15, 0.2) is 22.6 Å². The first-order chi connectivity index (χ1) is 8.71. The molecular formula is C12H11FN2O3. The van der Waals surface area contributed by atoms with Gasteiger partial charge in [0.2, 0.25) is 5.89 Å². The smallest absolute Gasteiger partial charge is 0.253 e. The minimum atomic E-state index is -0.533. The number of carbonyl (C=O) groups excluding carboxylic acids is 1. The highest BCUT2D eigenvalue weighted by Crippen LogP contribution is 2.16. The molecule has 0 amide bonds. The van der Waals surface area contributed by atoms with Gasteiger partial charge in [-0.05, 0) is 12.1 Å². The monoisotopic (exact) mass is 250 g/mol. The molecule has 0 atom stereocenters. The number of carbonyl (C=O) groups is 1. The summed E-state index contributed by atoms with van der Waals surface area (Å²) < 4.78 is 23.6. The van der Waals surface area contributed by atoms with Crippen LogP contribution in [0, 0.1) is 5.82 Å². The molecule has 5 nitrogen and oxygen atoms in total. The molecule has 0 saturated carbocycles. The van der Waals surface area contributed by atoms with Crippen molar-refractivity contribution in [1.29, 1.82) is 0 Å². The zero-order valence-corrected chi connectivity index (χ0v) is 9.72. The van der Waals surface area contributed by atoms with E-state index in [9.17, 15) is 9.18 Å². The van der Waals surface area contributed by atoms with Gasteiger partial charge in [-0.25, -0.2) is 4.39 Å². The number of aryl methyl sites for hydroxylation is 1. The second-order valence-corrected chi connectivity index (χ2v) is 3.57. The van der Waals surface area contributed by atoms with Crippen molar-refractivity contribution < 1.29 is 18.3 Å². The van der Waals surface area contributed by atoms with Gasteiger partial charge in [-0.1, -0.05) is 6.92 Å². The van der Waals surface area contributed by atoms with E-state index in [1.807, 2.05) is 6.92 Å². The molecule has 0 aliphatic rings. The Labute approximate surface area is 103 Å². The average Bonchev–Trinajstić information content (AvgIpc) is 2.83. The molecule has 0 fully saturated rings. The van der Waals surface area contributed by atoms with Crippen molar-refractivity contribution in [3.05, 3.63) is 41.4 Å². The lowest BCUT2D eigenvalue weighted by Crippen LogP contribution is -1.97. The summed E-state index contributed by atoms with van der Waals surface area (Å²) in [5, 5.41) is 7.53. The SMILES string of the molecule is CCc1nnc(COc2cc(F)cc(C=O)c2)o1. The van der Waals surface area contributed by atoms with Crippen LogP contribution in [0.2, 0.25) is 0 Å². The molecule has 0 spiro atoms. The summed E-state index contributed by atoms with van der Waals surface area (Å²) in [6.07, 6.45) is 1.19. The molecular weight excluding hydrogens is 239 g/mol. The van der Waals surface area contributed by atoms with Crippen molar-refractivity contribution >= 4 is 6.29 Å². The third kappa shape index (κ3) is 2.91. The van der Waals surface area contributed by atoms with Crippen molar-refractivity contribution in [2.45, 2.75) is 20.0 Å². The van der Waals surface area contributed by atoms with E-state index < -0.39 is 5.82 Å². The number of aromatic nitrogens is 2. The van der Waals surface area contributed by atoms with Gasteiger partial charge in [0, 0.05) is 18.1 Å². The molecule has 18 heavy (non-hydrogen) atoms. The average molecular weight is 250 g/mol. The highest BCUT2D eigenvalue weighted by Gasteiger charge is 2.06. The molecule has 1 aromatic carbocycles. The number of nitrogens with zero attached hydrogens (tertiary/aromatic N) is 2. The van der Waals surface area contributed by atoms with Crippen molar-refractivity contribution in [3.63, 3.8) is 0 Å². The summed E-state index contributed by atoms with van der Waals surface area (Å²) >= 11 is 0. The Morgan fingerprint density at radius 2 is 2.11 bits per heavy atom. The van der Waals surface area contributed by atoms with E-state index >= 15 is 0 Å². The van der Waals surface area contributed by atoms with Crippen LogP contribution in [0.3, 0.4) is 0 Å². The summed E-state index contributed by atoms with van der Waals surface area (Å²) in [6, 6.07) is 3.75. The quantitative estimate of drug-likeness (QED) is 0.761. The second kappa shape index (κ2) is 5.39. The largest absolute Gasteiger partial charge is 0.484 e. The van der Waals surface area contributed by atoms with E-state index in [2.05, 4.69) is 10.2 Å². The molecule has 0 aliphatic heterocycles. The van der Waals surface area contributed by atoms with Crippen LogP contribution in [0.5, 0.6) is 5.75 Å². The summed E-state index contributed by atoms with van der Waals surface area (Å²) in [6.45, 7) is 1.93. The number of ether oxygens (including phenoxy) is 1. The van der Waals surface area contributed by atoms with Gasteiger partial charge in [0.1, 0.15) is 17.9 Å². The molecule has 0 aliphatic carbocycles. The fourth-order valence-corrected chi connectivity index (χ4v) is 1.37. The van der Waals surface area contributed by atoms with Crippen LogP contribution in [0.25, 0.3) is 0 Å². The fourth-order valence-electron chi connectivity index (χ4n) is 1.37. The van der Waals surface area contributed by atoms with Crippen LogP contribution >= 0.6 is 0 Å². The number of hydrogen-bond donors (Lipinski definition) is 0. The summed E-state index contributed by atoms with van der Waals surface area (Å²) in [7, 11) is 0. The van der Waals surface area contributed by atoms with Gasteiger partial charge < -0.3 is 9.15 Å². The number of benzene rings is 1. The number of halogens is 1. The Hall–Kier alpha value is -2.24. The minimum Gasteiger partial charge on any atom is -0.484 e. The van der Waals surface area contributed by atoms with E-state index in [0.717, 1.165) is 6.07 Å². The molecule has 0 saturated heterocycles. The predicted octanol–water partition coefficient (Wildman–Crippen LogP) is 2.16.